The molecule has 1 aliphatic heterocycles. The van der Waals surface area contributed by atoms with Crippen LogP contribution in [0.2, 0.25) is 0 Å². The van der Waals surface area contributed by atoms with E-state index < -0.39 is 5.41 Å². The molecule has 1 aromatic heterocycles. The van der Waals surface area contributed by atoms with Crippen LogP contribution in [0.5, 0.6) is 0 Å². The van der Waals surface area contributed by atoms with Gasteiger partial charge in [-0.05, 0) is 96.5 Å². The number of H-pyrrole nitrogens is 1. The van der Waals surface area contributed by atoms with Gasteiger partial charge in [0.2, 0.25) is 5.91 Å². The second-order valence-electron chi connectivity index (χ2n) is 13.5. The van der Waals surface area contributed by atoms with Crippen molar-refractivity contribution in [3.63, 3.8) is 0 Å². The zero-order valence-electron chi connectivity index (χ0n) is 28.1. The molecule has 4 aromatic rings. The molecule has 49 heavy (non-hydrogen) atoms. The van der Waals surface area contributed by atoms with E-state index in [4.69, 9.17) is 0 Å². The van der Waals surface area contributed by atoms with Crippen molar-refractivity contribution in [3.05, 3.63) is 118 Å². The zero-order valence-corrected chi connectivity index (χ0v) is 28.1. The number of hydrogen-bond donors (Lipinski definition) is 4. The topological polar surface area (TPSA) is 152 Å². The molecular weight excluding hydrogens is 614 g/mol. The molecule has 4 N–H and O–H groups in total. The van der Waals surface area contributed by atoms with Gasteiger partial charge in [0.05, 0.1) is 18.0 Å². The Morgan fingerprint density at radius 1 is 1.02 bits per heavy atom. The zero-order chi connectivity index (χ0) is 34.3. The molecule has 2 unspecified atom stereocenters. The number of hydrogen-bond acceptors (Lipinski definition) is 8. The first-order valence-electron chi connectivity index (χ1n) is 16.9. The lowest BCUT2D eigenvalue weighted by Crippen LogP contribution is -2.45. The van der Waals surface area contributed by atoms with Crippen molar-refractivity contribution in [2.75, 3.05) is 20.6 Å². The van der Waals surface area contributed by atoms with Crippen molar-refractivity contribution >= 4 is 17.5 Å². The summed E-state index contributed by atoms with van der Waals surface area (Å²) in [6.07, 6.45) is 3.58. The Kier molecular flexibility index (Phi) is 8.50. The van der Waals surface area contributed by atoms with Gasteiger partial charge in [-0.25, -0.2) is 0 Å². The molecule has 2 amide bonds. The third-order valence-electron chi connectivity index (χ3n) is 10.7. The van der Waals surface area contributed by atoms with Gasteiger partial charge in [0.1, 0.15) is 6.04 Å². The van der Waals surface area contributed by atoms with Crippen molar-refractivity contribution in [1.29, 1.82) is 5.26 Å². The molecule has 11 nitrogen and oxygen atoms in total. The van der Waals surface area contributed by atoms with E-state index in [-0.39, 0.29) is 36.5 Å². The number of rotatable bonds is 10. The minimum Gasteiger partial charge on any atom is -0.388 e. The minimum atomic E-state index is -0.926. The number of benzene rings is 3. The first-order valence-corrected chi connectivity index (χ1v) is 16.9. The fourth-order valence-corrected chi connectivity index (χ4v) is 8.01. The van der Waals surface area contributed by atoms with E-state index >= 15 is 0 Å². The lowest BCUT2D eigenvalue weighted by Gasteiger charge is -2.37. The summed E-state index contributed by atoms with van der Waals surface area (Å²) in [7, 11) is 3.49. The molecule has 0 bridgehead atoms. The van der Waals surface area contributed by atoms with Crippen LogP contribution in [0, 0.1) is 24.2 Å². The van der Waals surface area contributed by atoms with E-state index in [9.17, 15) is 14.9 Å². The quantitative estimate of drug-likeness (QED) is 0.202. The van der Waals surface area contributed by atoms with Crippen molar-refractivity contribution < 1.29 is 9.59 Å². The van der Waals surface area contributed by atoms with E-state index in [1.54, 1.807) is 11.9 Å². The molecule has 3 aromatic carbocycles. The first kappa shape index (κ1) is 32.2. The van der Waals surface area contributed by atoms with Crippen LogP contribution < -0.4 is 16.0 Å². The fourth-order valence-electron chi connectivity index (χ4n) is 8.01. The third-order valence-corrected chi connectivity index (χ3v) is 10.7. The number of aromatic amines is 1. The molecule has 1 saturated heterocycles. The molecule has 0 spiro atoms. The first-order chi connectivity index (χ1) is 23.8. The predicted octanol–water partition coefficient (Wildman–Crippen LogP) is 3.72. The van der Waals surface area contributed by atoms with Gasteiger partial charge >= 0.3 is 0 Å². The maximum atomic E-state index is 13.8. The number of nitrogens with zero attached hydrogens (tertiary/aromatic N) is 5. The Morgan fingerprint density at radius 2 is 1.71 bits per heavy atom. The highest BCUT2D eigenvalue weighted by atomic mass is 16.2. The van der Waals surface area contributed by atoms with Crippen LogP contribution in [0.15, 0.2) is 67.2 Å². The summed E-state index contributed by atoms with van der Waals surface area (Å²) in [5.74, 6) is 0.718. The van der Waals surface area contributed by atoms with Crippen LogP contribution >= 0.6 is 0 Å². The molecule has 2 fully saturated rings. The average molecular weight is 656 g/mol. The molecule has 250 valence electrons. The Labute approximate surface area is 286 Å². The SMILES string of the molecule is C=C(NC)c1ccc2c(c1)CCc1cc(C(=O)NC)ccc1C2(C[C@@H](NCC(=O)N1C(C#N)C[C@@H]2C[C@@H]21)c1ccc(C)cc1)c1nn[nH]n1. The molecule has 7 rings (SSSR count). The van der Waals surface area contributed by atoms with Crippen molar-refractivity contribution in [2.45, 2.75) is 62.6 Å². The molecule has 5 atom stereocenters. The Hall–Kier alpha value is -5.34. The molecule has 0 radical (unpaired) electrons. The van der Waals surface area contributed by atoms with Crippen LogP contribution in [-0.4, -0.2) is 70.1 Å². The van der Waals surface area contributed by atoms with Crippen LogP contribution in [0.1, 0.15) is 80.4 Å². The number of aromatic nitrogens is 4. The van der Waals surface area contributed by atoms with Gasteiger partial charge < -0.3 is 20.9 Å². The maximum absolute atomic E-state index is 13.8. The second kappa shape index (κ2) is 12.9. The highest BCUT2D eigenvalue weighted by Crippen LogP contribution is 2.50. The summed E-state index contributed by atoms with van der Waals surface area (Å²) in [6.45, 7) is 6.34. The monoisotopic (exact) mass is 655 g/mol. The van der Waals surface area contributed by atoms with Crippen LogP contribution in [-0.2, 0) is 23.1 Å². The highest BCUT2D eigenvalue weighted by molar-refractivity contribution is 5.94. The van der Waals surface area contributed by atoms with Gasteiger partial charge in [0.25, 0.3) is 5.91 Å². The number of piperidine rings is 1. The minimum absolute atomic E-state index is 0.0608. The standard InChI is InChI=1S/C38H41N9O2/c1-22-5-7-24(8-6-22)33(42-21-35(48)47-30(20-39)17-29-18-34(29)47)19-38(37-43-45-46-44-37)31-13-11-25(23(2)40-3)15-26(31)9-10-27-16-28(36(49)41-4)12-14-32(27)38/h5-8,11-16,29-30,33-34,40,42H,2,9-10,17-19,21H2,1,3-4H3,(H,41,49)(H,43,44,45,46)/t29-,30?,33-,34+,38?/m1/s1. The number of nitriles is 1. The average Bonchev–Trinajstić information content (AvgIpc) is 3.51. The molecule has 3 aliphatic rings. The van der Waals surface area contributed by atoms with Crippen molar-refractivity contribution in [2.24, 2.45) is 5.92 Å². The lowest BCUT2D eigenvalue weighted by molar-refractivity contribution is -0.131. The number of nitrogens with one attached hydrogen (secondary N) is 4. The summed E-state index contributed by atoms with van der Waals surface area (Å²) in [5.41, 5.74) is 7.73. The summed E-state index contributed by atoms with van der Waals surface area (Å²) in [6, 6.07) is 22.4. The number of tetrazole rings is 1. The highest BCUT2D eigenvalue weighted by Gasteiger charge is 2.54. The van der Waals surface area contributed by atoms with Gasteiger partial charge in [-0.15, -0.1) is 10.2 Å². The Morgan fingerprint density at radius 3 is 2.35 bits per heavy atom. The number of fused-ring (bicyclic) bond motifs is 3. The maximum Gasteiger partial charge on any atom is 0.251 e. The molecular formula is C38H41N9O2. The normalized spacial score (nSPS) is 22.5. The van der Waals surface area contributed by atoms with Crippen LogP contribution in [0.4, 0.5) is 0 Å². The van der Waals surface area contributed by atoms with E-state index in [1.165, 1.54) is 0 Å². The Bertz CT molecular complexity index is 1880. The molecule has 1 saturated carbocycles. The predicted molar refractivity (Wildman–Crippen MR) is 185 cm³/mol. The van der Waals surface area contributed by atoms with E-state index in [2.05, 4.69) is 98.6 Å². The second-order valence-corrected chi connectivity index (χ2v) is 13.5. The van der Waals surface area contributed by atoms with Gasteiger partial charge in [-0.3, -0.25) is 9.59 Å². The molecule has 2 aliphatic carbocycles. The molecule has 11 heteroatoms. The largest absolute Gasteiger partial charge is 0.388 e. The lowest BCUT2D eigenvalue weighted by atomic mass is 9.67. The number of amides is 2. The summed E-state index contributed by atoms with van der Waals surface area (Å²) in [4.78, 5) is 28.4. The summed E-state index contributed by atoms with van der Waals surface area (Å²) >= 11 is 0. The van der Waals surface area contributed by atoms with Gasteiger partial charge in [0, 0.05) is 37.4 Å². The number of aryl methyl sites for hydroxylation is 3. The van der Waals surface area contributed by atoms with Crippen molar-refractivity contribution in [3.8, 4) is 6.07 Å². The van der Waals surface area contributed by atoms with Gasteiger partial charge in [-0.2, -0.15) is 10.5 Å². The van der Waals surface area contributed by atoms with Crippen LogP contribution in [0.3, 0.4) is 0 Å². The Balaban J connectivity index is 1.38. The van der Waals surface area contributed by atoms with Crippen molar-refractivity contribution in [1.82, 2.24) is 41.5 Å². The number of likely N-dealkylation sites (tertiary alicyclic amines) is 1. The summed E-state index contributed by atoms with van der Waals surface area (Å²) in [5, 5.41) is 35.4. The fraction of sp³-hybridized carbons (Fsp3) is 0.368. The number of carbonyl (C=O) groups is 2. The van der Waals surface area contributed by atoms with Gasteiger partial charge in [-0.1, -0.05) is 59.8 Å². The molecule has 2 heterocycles. The van der Waals surface area contributed by atoms with Gasteiger partial charge in [0.15, 0.2) is 5.82 Å². The van der Waals surface area contributed by atoms with E-state index in [0.717, 1.165) is 63.9 Å². The van der Waals surface area contributed by atoms with E-state index in [1.807, 2.05) is 25.2 Å². The third kappa shape index (κ3) is 5.76. The number of carbonyl (C=O) groups excluding carboxylic acids is 2. The smallest absolute Gasteiger partial charge is 0.251 e. The van der Waals surface area contributed by atoms with E-state index in [0.29, 0.717) is 30.1 Å². The summed E-state index contributed by atoms with van der Waals surface area (Å²) < 4.78 is 0. The van der Waals surface area contributed by atoms with Crippen LogP contribution in [0.25, 0.3) is 5.70 Å².